The smallest absolute Gasteiger partial charge is 0.313 e. The molecule has 1 fully saturated rings. The van der Waals surface area contributed by atoms with Crippen molar-refractivity contribution in [1.29, 1.82) is 0 Å². The molecule has 0 aromatic heterocycles. The van der Waals surface area contributed by atoms with Crippen molar-refractivity contribution >= 4 is 29.1 Å². The zero-order chi connectivity index (χ0) is 17.1. The van der Waals surface area contributed by atoms with Crippen LogP contribution in [0.2, 0.25) is 5.02 Å². The van der Waals surface area contributed by atoms with Crippen molar-refractivity contribution in [3.05, 3.63) is 64.9 Å². The van der Waals surface area contributed by atoms with Crippen LogP contribution in [-0.2, 0) is 9.59 Å². The lowest BCUT2D eigenvalue weighted by Gasteiger charge is -2.16. The van der Waals surface area contributed by atoms with Gasteiger partial charge in [0.15, 0.2) is 0 Å². The molecule has 0 radical (unpaired) electrons. The van der Waals surface area contributed by atoms with E-state index in [0.717, 1.165) is 18.1 Å². The molecule has 0 spiro atoms. The molecule has 1 unspecified atom stereocenters. The standard InChI is InChI=1S/C18H16ClFN2O2/c19-14-6-7-16(15(20)10-14)21-17(23)18(24)22-9-8-13(11-22)12-4-2-1-3-5-12/h1-7,10,13H,8-9,11H2,(H,21,23). The fraction of sp³-hybridized carbons (Fsp3) is 0.222. The van der Waals surface area contributed by atoms with Crippen molar-refractivity contribution in [3.8, 4) is 0 Å². The lowest BCUT2D eigenvalue weighted by atomic mass is 9.99. The Hall–Kier alpha value is -2.40. The maximum absolute atomic E-state index is 13.7. The van der Waals surface area contributed by atoms with E-state index in [2.05, 4.69) is 5.32 Å². The summed E-state index contributed by atoms with van der Waals surface area (Å²) < 4.78 is 13.7. The van der Waals surface area contributed by atoms with Gasteiger partial charge in [0.05, 0.1) is 5.69 Å². The Morgan fingerprint density at radius 1 is 1.17 bits per heavy atom. The van der Waals surface area contributed by atoms with Crippen LogP contribution in [0.3, 0.4) is 0 Å². The van der Waals surface area contributed by atoms with E-state index in [9.17, 15) is 14.0 Å². The van der Waals surface area contributed by atoms with Crippen LogP contribution in [0.25, 0.3) is 0 Å². The summed E-state index contributed by atoms with van der Waals surface area (Å²) in [4.78, 5) is 25.8. The van der Waals surface area contributed by atoms with E-state index in [1.165, 1.54) is 17.0 Å². The number of benzene rings is 2. The molecule has 0 bridgehead atoms. The first kappa shape index (κ1) is 16.5. The van der Waals surface area contributed by atoms with Crippen LogP contribution in [0, 0.1) is 5.82 Å². The largest absolute Gasteiger partial charge is 0.334 e. The van der Waals surface area contributed by atoms with Gasteiger partial charge >= 0.3 is 11.8 Å². The van der Waals surface area contributed by atoms with Gasteiger partial charge in [0.25, 0.3) is 0 Å². The molecule has 24 heavy (non-hydrogen) atoms. The highest BCUT2D eigenvalue weighted by molar-refractivity contribution is 6.39. The van der Waals surface area contributed by atoms with Gasteiger partial charge in [-0.05, 0) is 30.2 Å². The molecule has 2 aromatic rings. The van der Waals surface area contributed by atoms with Gasteiger partial charge in [0, 0.05) is 24.0 Å². The SMILES string of the molecule is O=C(Nc1ccc(Cl)cc1F)C(=O)N1CCC(c2ccccc2)C1. The zero-order valence-electron chi connectivity index (χ0n) is 12.8. The van der Waals surface area contributed by atoms with E-state index in [4.69, 9.17) is 11.6 Å². The summed E-state index contributed by atoms with van der Waals surface area (Å²) in [5.74, 6) is -1.95. The fourth-order valence-electron chi connectivity index (χ4n) is 2.85. The van der Waals surface area contributed by atoms with Gasteiger partial charge in [-0.2, -0.15) is 0 Å². The summed E-state index contributed by atoms with van der Waals surface area (Å²) in [7, 11) is 0. The number of hydrogen-bond donors (Lipinski definition) is 1. The van der Waals surface area contributed by atoms with E-state index >= 15 is 0 Å². The van der Waals surface area contributed by atoms with Crippen molar-refractivity contribution in [2.45, 2.75) is 12.3 Å². The van der Waals surface area contributed by atoms with E-state index in [-0.39, 0.29) is 16.6 Å². The molecule has 0 saturated carbocycles. The van der Waals surface area contributed by atoms with Gasteiger partial charge < -0.3 is 10.2 Å². The minimum atomic E-state index is -0.843. The summed E-state index contributed by atoms with van der Waals surface area (Å²) in [6.07, 6.45) is 0.804. The monoisotopic (exact) mass is 346 g/mol. The highest BCUT2D eigenvalue weighted by Gasteiger charge is 2.31. The third-order valence-corrected chi connectivity index (χ3v) is 4.36. The van der Waals surface area contributed by atoms with Gasteiger partial charge in [0.1, 0.15) is 5.82 Å². The molecule has 2 aromatic carbocycles. The molecule has 6 heteroatoms. The maximum Gasteiger partial charge on any atom is 0.313 e. The van der Waals surface area contributed by atoms with Crippen LogP contribution in [0.5, 0.6) is 0 Å². The first-order chi connectivity index (χ1) is 11.5. The number of nitrogens with one attached hydrogen (secondary N) is 1. The van der Waals surface area contributed by atoms with E-state index < -0.39 is 17.6 Å². The molecule has 2 amide bonds. The summed E-state index contributed by atoms with van der Waals surface area (Å²) in [6.45, 7) is 0.994. The molecule has 4 nitrogen and oxygen atoms in total. The van der Waals surface area contributed by atoms with Crippen LogP contribution >= 0.6 is 11.6 Å². The van der Waals surface area contributed by atoms with Crippen LogP contribution in [0.15, 0.2) is 48.5 Å². The molecule has 1 aliphatic heterocycles. The Labute approximate surface area is 144 Å². The minimum Gasteiger partial charge on any atom is -0.334 e. The van der Waals surface area contributed by atoms with Crippen molar-refractivity contribution in [2.75, 3.05) is 18.4 Å². The van der Waals surface area contributed by atoms with E-state index in [1.807, 2.05) is 30.3 Å². The quantitative estimate of drug-likeness (QED) is 0.847. The normalized spacial score (nSPS) is 16.9. The Morgan fingerprint density at radius 3 is 2.62 bits per heavy atom. The number of nitrogens with zero attached hydrogens (tertiary/aromatic N) is 1. The van der Waals surface area contributed by atoms with Crippen molar-refractivity contribution < 1.29 is 14.0 Å². The predicted octanol–water partition coefficient (Wildman–Crippen LogP) is 3.43. The Morgan fingerprint density at radius 2 is 1.92 bits per heavy atom. The van der Waals surface area contributed by atoms with Gasteiger partial charge in [-0.15, -0.1) is 0 Å². The number of rotatable bonds is 2. The Bertz CT molecular complexity index is 767. The van der Waals surface area contributed by atoms with Crippen LogP contribution in [0.4, 0.5) is 10.1 Å². The Balaban J connectivity index is 1.63. The molecule has 1 aliphatic rings. The van der Waals surface area contributed by atoms with E-state index in [1.54, 1.807) is 0 Å². The number of halogens is 2. The Kier molecular flexibility index (Phi) is 4.81. The van der Waals surface area contributed by atoms with Gasteiger partial charge in [-0.1, -0.05) is 41.9 Å². The number of amides is 2. The first-order valence-electron chi connectivity index (χ1n) is 7.65. The third-order valence-electron chi connectivity index (χ3n) is 4.12. The molecule has 1 saturated heterocycles. The number of carbonyl (C=O) groups is 2. The minimum absolute atomic E-state index is 0.0587. The maximum atomic E-state index is 13.7. The molecule has 0 aliphatic carbocycles. The van der Waals surface area contributed by atoms with Gasteiger partial charge in [0.2, 0.25) is 0 Å². The van der Waals surface area contributed by atoms with Gasteiger partial charge in [-0.3, -0.25) is 9.59 Å². The highest BCUT2D eigenvalue weighted by atomic mass is 35.5. The molecular formula is C18H16ClFN2O2. The van der Waals surface area contributed by atoms with Crippen molar-refractivity contribution in [2.24, 2.45) is 0 Å². The predicted molar refractivity (Wildman–Crippen MR) is 90.4 cm³/mol. The van der Waals surface area contributed by atoms with Crippen LogP contribution in [-0.4, -0.2) is 29.8 Å². The summed E-state index contributed by atoms with van der Waals surface area (Å²) in [6, 6.07) is 13.7. The fourth-order valence-corrected chi connectivity index (χ4v) is 3.01. The van der Waals surface area contributed by atoms with E-state index in [0.29, 0.717) is 13.1 Å². The summed E-state index contributed by atoms with van der Waals surface area (Å²) in [5, 5.41) is 2.53. The zero-order valence-corrected chi connectivity index (χ0v) is 13.6. The first-order valence-corrected chi connectivity index (χ1v) is 8.02. The van der Waals surface area contributed by atoms with Crippen molar-refractivity contribution in [3.63, 3.8) is 0 Å². The number of hydrogen-bond acceptors (Lipinski definition) is 2. The second kappa shape index (κ2) is 7.01. The molecule has 1 heterocycles. The molecular weight excluding hydrogens is 331 g/mol. The third kappa shape index (κ3) is 3.57. The molecule has 124 valence electrons. The highest BCUT2D eigenvalue weighted by Crippen LogP contribution is 2.27. The number of anilines is 1. The van der Waals surface area contributed by atoms with Crippen molar-refractivity contribution in [1.82, 2.24) is 4.90 Å². The number of carbonyl (C=O) groups excluding carboxylic acids is 2. The average molecular weight is 347 g/mol. The average Bonchev–Trinajstić information content (AvgIpc) is 3.07. The van der Waals surface area contributed by atoms with Gasteiger partial charge in [-0.25, -0.2) is 4.39 Å². The lowest BCUT2D eigenvalue weighted by Crippen LogP contribution is -2.38. The van der Waals surface area contributed by atoms with Crippen LogP contribution < -0.4 is 5.32 Å². The van der Waals surface area contributed by atoms with Crippen LogP contribution in [0.1, 0.15) is 17.9 Å². The second-order valence-corrected chi connectivity index (χ2v) is 6.16. The topological polar surface area (TPSA) is 49.4 Å². The summed E-state index contributed by atoms with van der Waals surface area (Å²) >= 11 is 5.67. The summed E-state index contributed by atoms with van der Waals surface area (Å²) in [5.41, 5.74) is 1.09. The molecule has 1 atom stereocenters. The molecule has 1 N–H and O–H groups in total. The molecule has 3 rings (SSSR count). The second-order valence-electron chi connectivity index (χ2n) is 5.73. The number of likely N-dealkylation sites (tertiary alicyclic amines) is 1. The lowest BCUT2D eigenvalue weighted by molar-refractivity contribution is -0.142.